The van der Waals surface area contributed by atoms with Crippen LogP contribution in [0.4, 0.5) is 0 Å². The molecule has 0 fully saturated rings. The summed E-state index contributed by atoms with van der Waals surface area (Å²) in [5, 5.41) is 11.0. The summed E-state index contributed by atoms with van der Waals surface area (Å²) in [4.78, 5) is 5.25. The molecular formula is C15H13N3OS. The number of hydrogen-bond donors (Lipinski definition) is 0. The number of nitrogens with zero attached hydrogens (tertiary/aromatic N) is 3. The molecule has 0 amide bonds. The van der Waals surface area contributed by atoms with Crippen LogP contribution in [-0.4, -0.2) is 16.0 Å². The van der Waals surface area contributed by atoms with E-state index in [0.29, 0.717) is 13.0 Å². The maximum Gasteiger partial charge on any atom is 0.194 e. The minimum atomic E-state index is 0.349. The van der Waals surface area contributed by atoms with Gasteiger partial charge in [0.25, 0.3) is 0 Å². The van der Waals surface area contributed by atoms with Gasteiger partial charge in [0.05, 0.1) is 36.7 Å². The molecule has 3 aromatic rings. The van der Waals surface area contributed by atoms with Crippen LogP contribution < -0.4 is 4.74 Å². The summed E-state index contributed by atoms with van der Waals surface area (Å²) in [5.41, 5.74) is 2.96. The van der Waals surface area contributed by atoms with Crippen molar-refractivity contribution in [3.8, 4) is 23.1 Å². The second-order valence-electron chi connectivity index (χ2n) is 4.25. The maximum absolute atomic E-state index is 8.92. The van der Waals surface area contributed by atoms with E-state index in [-0.39, 0.29) is 0 Å². The zero-order chi connectivity index (χ0) is 13.9. The molecule has 2 heterocycles. The van der Waals surface area contributed by atoms with E-state index in [4.69, 9.17) is 10.00 Å². The molecule has 1 aromatic carbocycles. The summed E-state index contributed by atoms with van der Waals surface area (Å²) in [6.45, 7) is 2.59. The van der Waals surface area contributed by atoms with Crippen molar-refractivity contribution in [1.29, 1.82) is 5.26 Å². The van der Waals surface area contributed by atoms with Crippen molar-refractivity contribution >= 4 is 16.3 Å². The molecule has 0 spiro atoms. The van der Waals surface area contributed by atoms with Gasteiger partial charge in [0.1, 0.15) is 5.75 Å². The van der Waals surface area contributed by atoms with Crippen LogP contribution >= 0.6 is 11.3 Å². The first-order valence-corrected chi connectivity index (χ1v) is 7.26. The molecule has 100 valence electrons. The number of hydrogen-bond acceptors (Lipinski definition) is 4. The smallest absolute Gasteiger partial charge is 0.194 e. The van der Waals surface area contributed by atoms with Crippen molar-refractivity contribution in [2.45, 2.75) is 13.3 Å². The second-order valence-corrected chi connectivity index (χ2v) is 5.09. The Kier molecular flexibility index (Phi) is 3.40. The highest BCUT2D eigenvalue weighted by molar-refractivity contribution is 7.15. The monoisotopic (exact) mass is 283 g/mol. The molecule has 0 N–H and O–H groups in total. The third-order valence-electron chi connectivity index (χ3n) is 3.04. The van der Waals surface area contributed by atoms with Crippen LogP contribution in [0.2, 0.25) is 0 Å². The van der Waals surface area contributed by atoms with E-state index in [0.717, 1.165) is 27.7 Å². The van der Waals surface area contributed by atoms with Crippen molar-refractivity contribution in [3.05, 3.63) is 41.5 Å². The summed E-state index contributed by atoms with van der Waals surface area (Å²) >= 11 is 1.57. The highest BCUT2D eigenvalue weighted by atomic mass is 32.1. The number of thiazole rings is 1. The number of ether oxygens (including phenoxy) is 1. The average Bonchev–Trinajstić information content (AvgIpc) is 3.04. The number of nitriles is 1. The molecule has 0 aliphatic carbocycles. The van der Waals surface area contributed by atoms with Crippen molar-refractivity contribution in [2.75, 3.05) is 6.61 Å². The lowest BCUT2D eigenvalue weighted by atomic mass is 10.1. The molecule has 3 rings (SSSR count). The fraction of sp³-hybridized carbons (Fsp3) is 0.200. The molecule has 0 bridgehead atoms. The van der Waals surface area contributed by atoms with E-state index in [1.807, 2.05) is 35.6 Å². The van der Waals surface area contributed by atoms with Gasteiger partial charge in [-0.15, -0.1) is 11.3 Å². The Hall–Kier alpha value is -2.32. The quantitative estimate of drug-likeness (QED) is 0.736. The molecule has 0 aliphatic heterocycles. The first-order chi connectivity index (χ1) is 9.85. The van der Waals surface area contributed by atoms with Gasteiger partial charge in [-0.05, 0) is 19.1 Å². The summed E-state index contributed by atoms with van der Waals surface area (Å²) in [6.07, 6.45) is 2.11. The predicted molar refractivity (Wildman–Crippen MR) is 79.0 cm³/mol. The van der Waals surface area contributed by atoms with Crippen LogP contribution in [-0.2, 0) is 6.42 Å². The Balaban J connectivity index is 2.20. The van der Waals surface area contributed by atoms with Crippen LogP contribution in [0.1, 0.15) is 12.6 Å². The SMILES string of the molecule is CCOc1ccccc1-c1csc2ncc(CC#N)n12. The third kappa shape index (κ3) is 2.04. The van der Waals surface area contributed by atoms with Gasteiger partial charge in [-0.1, -0.05) is 12.1 Å². The zero-order valence-electron chi connectivity index (χ0n) is 11.0. The summed E-state index contributed by atoms with van der Waals surface area (Å²) < 4.78 is 7.73. The molecule has 0 aliphatic rings. The molecule has 4 nitrogen and oxygen atoms in total. The fourth-order valence-electron chi connectivity index (χ4n) is 2.22. The number of imidazole rings is 1. The van der Waals surface area contributed by atoms with Gasteiger partial charge < -0.3 is 4.74 Å². The van der Waals surface area contributed by atoms with Crippen LogP contribution in [0.15, 0.2) is 35.8 Å². The van der Waals surface area contributed by atoms with Gasteiger partial charge in [-0.3, -0.25) is 4.40 Å². The summed E-state index contributed by atoms with van der Waals surface area (Å²) in [6, 6.07) is 10.1. The van der Waals surface area contributed by atoms with Crippen LogP contribution in [0.5, 0.6) is 5.75 Å². The highest BCUT2D eigenvalue weighted by Crippen LogP contribution is 2.33. The highest BCUT2D eigenvalue weighted by Gasteiger charge is 2.14. The standard InChI is InChI=1S/C15H13N3OS/c1-2-19-14-6-4-3-5-12(14)13-10-20-15-17-9-11(7-8-16)18(13)15/h3-6,9-10H,2,7H2,1H3. The molecule has 0 saturated heterocycles. The number of aromatic nitrogens is 2. The van der Waals surface area contributed by atoms with E-state index in [1.165, 1.54) is 0 Å². The molecule has 0 saturated carbocycles. The summed E-state index contributed by atoms with van der Waals surface area (Å²) in [7, 11) is 0. The fourth-order valence-corrected chi connectivity index (χ4v) is 3.10. The Morgan fingerprint density at radius 3 is 3.05 bits per heavy atom. The van der Waals surface area contributed by atoms with Gasteiger partial charge in [-0.25, -0.2) is 4.98 Å². The van der Waals surface area contributed by atoms with Crippen LogP contribution in [0, 0.1) is 11.3 Å². The number of benzene rings is 1. The van der Waals surface area contributed by atoms with Crippen LogP contribution in [0.3, 0.4) is 0 Å². The Morgan fingerprint density at radius 1 is 1.40 bits per heavy atom. The molecule has 2 aromatic heterocycles. The molecule has 5 heteroatoms. The Bertz CT molecular complexity index is 782. The Labute approximate surface area is 120 Å². The van der Waals surface area contributed by atoms with Gasteiger partial charge in [0.15, 0.2) is 4.96 Å². The minimum Gasteiger partial charge on any atom is -0.493 e. The van der Waals surface area contributed by atoms with E-state index < -0.39 is 0 Å². The average molecular weight is 283 g/mol. The first kappa shape index (κ1) is 12.7. The lowest BCUT2D eigenvalue weighted by molar-refractivity contribution is 0.341. The molecule has 20 heavy (non-hydrogen) atoms. The number of para-hydroxylation sites is 1. The van der Waals surface area contributed by atoms with E-state index >= 15 is 0 Å². The van der Waals surface area contributed by atoms with Gasteiger partial charge in [0, 0.05) is 10.9 Å². The molecule has 0 atom stereocenters. The lowest BCUT2D eigenvalue weighted by Gasteiger charge is -2.09. The van der Waals surface area contributed by atoms with Gasteiger partial charge in [0.2, 0.25) is 0 Å². The largest absolute Gasteiger partial charge is 0.493 e. The third-order valence-corrected chi connectivity index (χ3v) is 3.88. The molecule has 0 unspecified atom stereocenters. The van der Waals surface area contributed by atoms with E-state index in [1.54, 1.807) is 17.5 Å². The first-order valence-electron chi connectivity index (χ1n) is 6.38. The predicted octanol–water partition coefficient (Wildman–Crippen LogP) is 3.53. The van der Waals surface area contributed by atoms with E-state index in [2.05, 4.69) is 16.4 Å². The minimum absolute atomic E-state index is 0.349. The van der Waals surface area contributed by atoms with Crippen LogP contribution in [0.25, 0.3) is 16.2 Å². The zero-order valence-corrected chi connectivity index (χ0v) is 11.9. The topological polar surface area (TPSA) is 50.3 Å². The molecule has 0 radical (unpaired) electrons. The molecular weight excluding hydrogens is 270 g/mol. The number of fused-ring (bicyclic) bond motifs is 1. The maximum atomic E-state index is 8.92. The summed E-state index contributed by atoms with van der Waals surface area (Å²) in [5.74, 6) is 0.853. The van der Waals surface area contributed by atoms with Crippen molar-refractivity contribution in [3.63, 3.8) is 0 Å². The van der Waals surface area contributed by atoms with Crippen molar-refractivity contribution < 1.29 is 4.74 Å². The van der Waals surface area contributed by atoms with Crippen molar-refractivity contribution in [2.24, 2.45) is 0 Å². The lowest BCUT2D eigenvalue weighted by Crippen LogP contribution is -1.97. The van der Waals surface area contributed by atoms with Gasteiger partial charge in [-0.2, -0.15) is 5.26 Å². The Morgan fingerprint density at radius 2 is 2.25 bits per heavy atom. The van der Waals surface area contributed by atoms with Crippen molar-refractivity contribution in [1.82, 2.24) is 9.38 Å². The van der Waals surface area contributed by atoms with E-state index in [9.17, 15) is 0 Å². The second kappa shape index (κ2) is 5.35. The number of rotatable bonds is 4. The van der Waals surface area contributed by atoms with Gasteiger partial charge >= 0.3 is 0 Å². The normalized spacial score (nSPS) is 10.6.